The molecular weight excluding hydrogens is 322 g/mol. The predicted octanol–water partition coefficient (Wildman–Crippen LogP) is 2.88. The molecule has 1 heterocycles. The van der Waals surface area contributed by atoms with Crippen molar-refractivity contribution < 1.29 is 14.6 Å². The molecule has 132 valence electrons. The van der Waals surface area contributed by atoms with Crippen LogP contribution < -0.4 is 10.1 Å². The first-order valence-electron chi connectivity index (χ1n) is 8.82. The van der Waals surface area contributed by atoms with Crippen LogP contribution in [-0.2, 0) is 10.2 Å². The standard InChI is InChI=1S/C19H27NO3S/c1-23-16-7-3-2-6-15(16)18(8-4-5-9-18)14-20-17(21)19(22)10-12-24-13-11-19/h2-3,6-7,22H,4-5,8-14H2,1H3,(H,20,21). The number of hydrogen-bond donors (Lipinski definition) is 2. The number of carbonyl (C=O) groups excluding carboxylic acids is 1. The van der Waals surface area contributed by atoms with Crippen LogP contribution in [0.4, 0.5) is 0 Å². The zero-order valence-electron chi connectivity index (χ0n) is 14.3. The van der Waals surface area contributed by atoms with Crippen molar-refractivity contribution in [2.75, 3.05) is 25.2 Å². The smallest absolute Gasteiger partial charge is 0.252 e. The maximum atomic E-state index is 12.6. The molecule has 3 rings (SSSR count). The summed E-state index contributed by atoms with van der Waals surface area (Å²) in [7, 11) is 1.70. The van der Waals surface area contributed by atoms with E-state index in [-0.39, 0.29) is 11.3 Å². The molecule has 0 unspecified atom stereocenters. The van der Waals surface area contributed by atoms with Crippen molar-refractivity contribution in [3.05, 3.63) is 29.8 Å². The van der Waals surface area contributed by atoms with Gasteiger partial charge in [0.1, 0.15) is 11.4 Å². The minimum atomic E-state index is -1.19. The second-order valence-electron chi connectivity index (χ2n) is 7.01. The molecule has 24 heavy (non-hydrogen) atoms. The van der Waals surface area contributed by atoms with E-state index in [4.69, 9.17) is 4.74 Å². The number of rotatable bonds is 5. The molecule has 1 aromatic carbocycles. The summed E-state index contributed by atoms with van der Waals surface area (Å²) in [5.41, 5.74) is -0.0927. The normalized spacial score (nSPS) is 22.1. The molecule has 1 saturated carbocycles. The van der Waals surface area contributed by atoms with E-state index in [1.165, 1.54) is 5.56 Å². The Morgan fingerprint density at radius 2 is 1.88 bits per heavy atom. The lowest BCUT2D eigenvalue weighted by molar-refractivity contribution is -0.140. The lowest BCUT2D eigenvalue weighted by Crippen LogP contribution is -2.52. The fourth-order valence-electron chi connectivity index (χ4n) is 4.03. The van der Waals surface area contributed by atoms with Crippen molar-refractivity contribution in [1.82, 2.24) is 5.32 Å². The largest absolute Gasteiger partial charge is 0.496 e. The monoisotopic (exact) mass is 349 g/mol. The molecule has 0 aromatic heterocycles. The van der Waals surface area contributed by atoms with Gasteiger partial charge in [0.2, 0.25) is 0 Å². The first kappa shape index (κ1) is 17.6. The molecule has 0 atom stereocenters. The minimum Gasteiger partial charge on any atom is -0.496 e. The SMILES string of the molecule is COc1ccccc1C1(CNC(=O)C2(O)CCSCC2)CCCC1. The zero-order valence-corrected chi connectivity index (χ0v) is 15.2. The molecule has 5 heteroatoms. The van der Waals surface area contributed by atoms with Gasteiger partial charge in [-0.15, -0.1) is 0 Å². The first-order valence-corrected chi connectivity index (χ1v) is 9.97. The van der Waals surface area contributed by atoms with Gasteiger partial charge >= 0.3 is 0 Å². The van der Waals surface area contributed by atoms with E-state index in [0.29, 0.717) is 19.4 Å². The summed E-state index contributed by atoms with van der Waals surface area (Å²) < 4.78 is 5.56. The average Bonchev–Trinajstić information content (AvgIpc) is 3.10. The summed E-state index contributed by atoms with van der Waals surface area (Å²) in [5, 5.41) is 13.7. The van der Waals surface area contributed by atoms with Crippen molar-refractivity contribution >= 4 is 17.7 Å². The lowest BCUT2D eigenvalue weighted by atomic mass is 9.78. The number of para-hydroxylation sites is 1. The van der Waals surface area contributed by atoms with Gasteiger partial charge in [-0.2, -0.15) is 11.8 Å². The van der Waals surface area contributed by atoms with E-state index in [0.717, 1.165) is 42.9 Å². The third-order valence-corrected chi connectivity index (χ3v) is 6.55. The molecule has 0 spiro atoms. The van der Waals surface area contributed by atoms with Crippen LogP contribution in [0.3, 0.4) is 0 Å². The van der Waals surface area contributed by atoms with Gasteiger partial charge in [0.05, 0.1) is 7.11 Å². The molecule has 0 bridgehead atoms. The Labute approximate surface area is 148 Å². The van der Waals surface area contributed by atoms with Crippen molar-refractivity contribution in [2.45, 2.75) is 49.5 Å². The molecule has 1 amide bonds. The Balaban J connectivity index is 1.76. The predicted molar refractivity (Wildman–Crippen MR) is 97.7 cm³/mol. The number of aliphatic hydroxyl groups is 1. The van der Waals surface area contributed by atoms with Crippen LogP contribution in [0.5, 0.6) is 5.75 Å². The quantitative estimate of drug-likeness (QED) is 0.858. The fraction of sp³-hybridized carbons (Fsp3) is 0.632. The number of hydrogen-bond acceptors (Lipinski definition) is 4. The van der Waals surface area contributed by atoms with Crippen LogP contribution in [0.15, 0.2) is 24.3 Å². The van der Waals surface area contributed by atoms with Crippen LogP contribution in [-0.4, -0.2) is 41.8 Å². The van der Waals surface area contributed by atoms with Crippen LogP contribution in [0.2, 0.25) is 0 Å². The molecule has 1 saturated heterocycles. The fourth-order valence-corrected chi connectivity index (χ4v) is 5.19. The number of nitrogens with one attached hydrogen (secondary N) is 1. The average molecular weight is 349 g/mol. The van der Waals surface area contributed by atoms with Crippen LogP contribution >= 0.6 is 11.8 Å². The highest BCUT2D eigenvalue weighted by atomic mass is 32.2. The Kier molecular flexibility index (Phi) is 5.40. The van der Waals surface area contributed by atoms with Gasteiger partial charge in [0, 0.05) is 17.5 Å². The summed E-state index contributed by atoms with van der Waals surface area (Å²) in [5.74, 6) is 2.38. The molecule has 2 aliphatic rings. The Bertz CT molecular complexity index is 578. The third-order valence-electron chi connectivity index (χ3n) is 5.57. The Morgan fingerprint density at radius 3 is 2.54 bits per heavy atom. The highest BCUT2D eigenvalue weighted by molar-refractivity contribution is 7.99. The van der Waals surface area contributed by atoms with Crippen molar-refractivity contribution in [3.63, 3.8) is 0 Å². The molecule has 0 radical (unpaired) electrons. The maximum Gasteiger partial charge on any atom is 0.252 e. The number of methoxy groups -OCH3 is 1. The van der Waals surface area contributed by atoms with Gasteiger partial charge in [-0.1, -0.05) is 31.0 Å². The number of thioether (sulfide) groups is 1. The van der Waals surface area contributed by atoms with Gasteiger partial charge in [-0.25, -0.2) is 0 Å². The zero-order chi connectivity index (χ0) is 17.0. The van der Waals surface area contributed by atoms with Gasteiger partial charge < -0.3 is 15.2 Å². The van der Waals surface area contributed by atoms with Crippen LogP contribution in [0.25, 0.3) is 0 Å². The number of ether oxygens (including phenoxy) is 1. The first-order chi connectivity index (χ1) is 11.6. The van der Waals surface area contributed by atoms with Crippen molar-refractivity contribution in [1.29, 1.82) is 0 Å². The summed E-state index contributed by atoms with van der Waals surface area (Å²) >= 11 is 1.80. The van der Waals surface area contributed by atoms with Crippen LogP contribution in [0.1, 0.15) is 44.1 Å². The topological polar surface area (TPSA) is 58.6 Å². The molecule has 1 aliphatic carbocycles. The van der Waals surface area contributed by atoms with Gasteiger partial charge in [0.25, 0.3) is 5.91 Å². The number of carbonyl (C=O) groups is 1. The van der Waals surface area contributed by atoms with E-state index in [1.54, 1.807) is 18.9 Å². The van der Waals surface area contributed by atoms with Gasteiger partial charge in [-0.3, -0.25) is 4.79 Å². The second-order valence-corrected chi connectivity index (χ2v) is 8.24. The maximum absolute atomic E-state index is 12.6. The van der Waals surface area contributed by atoms with Crippen molar-refractivity contribution in [3.8, 4) is 5.75 Å². The minimum absolute atomic E-state index is 0.0813. The van der Waals surface area contributed by atoms with Crippen LogP contribution in [0, 0.1) is 0 Å². The molecular formula is C19H27NO3S. The highest BCUT2D eigenvalue weighted by Gasteiger charge is 2.41. The summed E-state index contributed by atoms with van der Waals surface area (Å²) in [4.78, 5) is 12.6. The summed E-state index contributed by atoms with van der Waals surface area (Å²) in [6.07, 6.45) is 5.50. The Morgan fingerprint density at radius 1 is 1.21 bits per heavy atom. The van der Waals surface area contributed by atoms with E-state index < -0.39 is 5.60 Å². The molecule has 2 N–H and O–H groups in total. The second kappa shape index (κ2) is 7.36. The van der Waals surface area contributed by atoms with Gasteiger partial charge in [-0.05, 0) is 43.3 Å². The molecule has 1 aromatic rings. The van der Waals surface area contributed by atoms with Gasteiger partial charge in [0.15, 0.2) is 0 Å². The molecule has 2 fully saturated rings. The summed E-state index contributed by atoms with van der Waals surface area (Å²) in [6.45, 7) is 0.571. The summed E-state index contributed by atoms with van der Waals surface area (Å²) in [6, 6.07) is 8.11. The molecule has 4 nitrogen and oxygen atoms in total. The third kappa shape index (κ3) is 3.42. The van der Waals surface area contributed by atoms with E-state index in [1.807, 2.05) is 18.2 Å². The van der Waals surface area contributed by atoms with E-state index in [2.05, 4.69) is 11.4 Å². The van der Waals surface area contributed by atoms with E-state index >= 15 is 0 Å². The van der Waals surface area contributed by atoms with E-state index in [9.17, 15) is 9.90 Å². The lowest BCUT2D eigenvalue weighted by Gasteiger charge is -2.35. The van der Waals surface area contributed by atoms with Crippen molar-refractivity contribution in [2.24, 2.45) is 0 Å². The molecule has 1 aliphatic heterocycles. The number of benzene rings is 1. The number of amides is 1. The Hall–Kier alpha value is -1.20. The highest BCUT2D eigenvalue weighted by Crippen LogP contribution is 2.44.